The number of benzene rings is 3. The molecule has 0 bridgehead atoms. The van der Waals surface area contributed by atoms with Crippen molar-refractivity contribution in [1.82, 2.24) is 5.32 Å². The lowest BCUT2D eigenvalue weighted by Crippen LogP contribution is -2.40. The predicted octanol–water partition coefficient (Wildman–Crippen LogP) is 4.18. The highest BCUT2D eigenvalue weighted by Crippen LogP contribution is 2.24. The van der Waals surface area contributed by atoms with Crippen LogP contribution in [0.5, 0.6) is 0 Å². The number of hydrogen-bond donors (Lipinski definition) is 1. The topological polar surface area (TPSA) is 69.7 Å². The minimum Gasteiger partial charge on any atom is -0.372 e. The minimum atomic E-state index is -4.02. The zero-order chi connectivity index (χ0) is 23.8. The normalized spacial score (nSPS) is 11.1. The fourth-order valence-corrected chi connectivity index (χ4v) is 4.88. The van der Waals surface area contributed by atoms with E-state index in [-0.39, 0.29) is 17.1 Å². The molecule has 1 amide bonds. The van der Waals surface area contributed by atoms with Gasteiger partial charge in [-0.1, -0.05) is 30.3 Å². The van der Waals surface area contributed by atoms with Crippen LogP contribution in [-0.2, 0) is 21.4 Å². The summed E-state index contributed by atoms with van der Waals surface area (Å²) in [7, 11) is -4.02. The Bertz CT molecular complexity index is 1150. The average Bonchev–Trinajstić information content (AvgIpc) is 2.84. The first kappa shape index (κ1) is 24.3. The number of sulfonamides is 1. The van der Waals surface area contributed by atoms with Crippen LogP contribution in [0, 0.1) is 5.82 Å². The van der Waals surface area contributed by atoms with Gasteiger partial charge in [0, 0.05) is 25.3 Å². The molecule has 3 rings (SSSR count). The number of hydrogen-bond acceptors (Lipinski definition) is 4. The molecule has 3 aromatic rings. The highest BCUT2D eigenvalue weighted by atomic mass is 32.2. The molecule has 0 saturated carbocycles. The third-order valence-corrected chi connectivity index (χ3v) is 7.08. The molecule has 0 heterocycles. The van der Waals surface area contributed by atoms with Crippen molar-refractivity contribution in [2.24, 2.45) is 0 Å². The van der Waals surface area contributed by atoms with E-state index >= 15 is 0 Å². The van der Waals surface area contributed by atoms with Crippen molar-refractivity contribution < 1.29 is 17.6 Å². The summed E-state index contributed by atoms with van der Waals surface area (Å²) in [6.45, 7) is 5.83. The molecule has 8 heteroatoms. The first-order chi connectivity index (χ1) is 15.8. The SMILES string of the molecule is CCN(CC)c1ccc(CNC(=O)CN(c2ccc(F)cc2)S(=O)(=O)c2ccccc2)cc1. The van der Waals surface area contributed by atoms with Crippen LogP contribution >= 0.6 is 0 Å². The van der Waals surface area contributed by atoms with Gasteiger partial charge in [-0.15, -0.1) is 0 Å². The van der Waals surface area contributed by atoms with Crippen LogP contribution in [0.15, 0.2) is 83.8 Å². The summed E-state index contributed by atoms with van der Waals surface area (Å²) in [6, 6.07) is 20.7. The Labute approximate surface area is 194 Å². The van der Waals surface area contributed by atoms with Crippen LogP contribution in [0.3, 0.4) is 0 Å². The fraction of sp³-hybridized carbons (Fsp3) is 0.240. The van der Waals surface area contributed by atoms with Gasteiger partial charge in [0.1, 0.15) is 12.4 Å². The zero-order valence-electron chi connectivity index (χ0n) is 18.7. The predicted molar refractivity (Wildman–Crippen MR) is 129 cm³/mol. The van der Waals surface area contributed by atoms with Crippen molar-refractivity contribution in [2.45, 2.75) is 25.3 Å². The summed E-state index contributed by atoms with van der Waals surface area (Å²) in [5.74, 6) is -0.958. The molecule has 0 atom stereocenters. The summed E-state index contributed by atoms with van der Waals surface area (Å²) in [4.78, 5) is 15.0. The third-order valence-electron chi connectivity index (χ3n) is 5.29. The molecule has 174 valence electrons. The number of halogens is 1. The van der Waals surface area contributed by atoms with Crippen LogP contribution in [0.4, 0.5) is 15.8 Å². The second-order valence-electron chi connectivity index (χ2n) is 7.42. The van der Waals surface area contributed by atoms with E-state index < -0.39 is 28.3 Å². The van der Waals surface area contributed by atoms with Gasteiger partial charge in [0.2, 0.25) is 5.91 Å². The van der Waals surface area contributed by atoms with E-state index in [9.17, 15) is 17.6 Å². The lowest BCUT2D eigenvalue weighted by atomic mass is 10.2. The van der Waals surface area contributed by atoms with Crippen LogP contribution in [0.2, 0.25) is 0 Å². The van der Waals surface area contributed by atoms with Crippen LogP contribution in [-0.4, -0.2) is 34.0 Å². The van der Waals surface area contributed by atoms with Crippen molar-refractivity contribution in [3.05, 3.63) is 90.2 Å². The molecule has 0 spiro atoms. The van der Waals surface area contributed by atoms with Gasteiger partial charge >= 0.3 is 0 Å². The molecular formula is C25H28FN3O3S. The van der Waals surface area contributed by atoms with E-state index in [1.54, 1.807) is 18.2 Å². The monoisotopic (exact) mass is 469 g/mol. The molecule has 6 nitrogen and oxygen atoms in total. The molecule has 0 aliphatic rings. The largest absolute Gasteiger partial charge is 0.372 e. The van der Waals surface area contributed by atoms with Crippen LogP contribution in [0.25, 0.3) is 0 Å². The van der Waals surface area contributed by atoms with Crippen molar-refractivity contribution in [3.63, 3.8) is 0 Å². The quantitative estimate of drug-likeness (QED) is 0.484. The lowest BCUT2D eigenvalue weighted by molar-refractivity contribution is -0.119. The first-order valence-corrected chi connectivity index (χ1v) is 12.2. The number of carbonyl (C=O) groups excluding carboxylic acids is 1. The number of anilines is 2. The van der Waals surface area contributed by atoms with E-state index in [0.717, 1.165) is 40.8 Å². The first-order valence-electron chi connectivity index (χ1n) is 10.8. The van der Waals surface area contributed by atoms with E-state index in [4.69, 9.17) is 0 Å². The Kier molecular flexibility index (Phi) is 8.06. The van der Waals surface area contributed by atoms with Gasteiger partial charge in [-0.3, -0.25) is 9.10 Å². The number of nitrogens with one attached hydrogen (secondary N) is 1. The molecule has 0 aliphatic carbocycles. The zero-order valence-corrected chi connectivity index (χ0v) is 19.6. The Morgan fingerprint density at radius 3 is 2.00 bits per heavy atom. The van der Waals surface area contributed by atoms with Gasteiger partial charge in [-0.25, -0.2) is 12.8 Å². The minimum absolute atomic E-state index is 0.0501. The van der Waals surface area contributed by atoms with Gasteiger partial charge in [-0.05, 0) is 67.9 Å². The molecule has 0 saturated heterocycles. The van der Waals surface area contributed by atoms with Crippen molar-refractivity contribution >= 4 is 27.3 Å². The maximum Gasteiger partial charge on any atom is 0.264 e. The summed E-state index contributed by atoms with van der Waals surface area (Å²) >= 11 is 0. The van der Waals surface area contributed by atoms with Crippen molar-refractivity contribution in [2.75, 3.05) is 28.8 Å². The summed E-state index contributed by atoms with van der Waals surface area (Å²) < 4.78 is 40.9. The lowest BCUT2D eigenvalue weighted by Gasteiger charge is -2.24. The van der Waals surface area contributed by atoms with E-state index in [2.05, 4.69) is 24.1 Å². The third kappa shape index (κ3) is 6.10. The second kappa shape index (κ2) is 11.0. The average molecular weight is 470 g/mol. The molecule has 0 aliphatic heterocycles. The van der Waals surface area contributed by atoms with Gasteiger partial charge in [0.15, 0.2) is 0 Å². The molecule has 3 aromatic carbocycles. The smallest absolute Gasteiger partial charge is 0.264 e. The van der Waals surface area contributed by atoms with Gasteiger partial charge in [0.05, 0.1) is 10.6 Å². The van der Waals surface area contributed by atoms with Crippen molar-refractivity contribution in [1.29, 1.82) is 0 Å². The fourth-order valence-electron chi connectivity index (χ4n) is 3.44. The Morgan fingerprint density at radius 2 is 1.42 bits per heavy atom. The van der Waals surface area contributed by atoms with Crippen molar-refractivity contribution in [3.8, 4) is 0 Å². The number of rotatable bonds is 10. The summed E-state index contributed by atoms with van der Waals surface area (Å²) in [5.41, 5.74) is 2.21. The Morgan fingerprint density at radius 1 is 0.848 bits per heavy atom. The molecule has 0 aromatic heterocycles. The molecule has 0 unspecified atom stereocenters. The molecule has 0 fully saturated rings. The molecular weight excluding hydrogens is 441 g/mol. The van der Waals surface area contributed by atoms with E-state index in [1.165, 1.54) is 24.3 Å². The number of nitrogens with zero attached hydrogens (tertiary/aromatic N) is 2. The van der Waals surface area contributed by atoms with Gasteiger partial charge in [-0.2, -0.15) is 0 Å². The summed E-state index contributed by atoms with van der Waals surface area (Å²) in [5, 5.41) is 2.78. The van der Waals surface area contributed by atoms with E-state index in [1.807, 2.05) is 24.3 Å². The van der Waals surface area contributed by atoms with Crippen LogP contribution in [0.1, 0.15) is 19.4 Å². The standard InChI is InChI=1S/C25H28FN3O3S/c1-3-28(4-2)22-14-10-20(11-15-22)18-27-25(30)19-29(23-16-12-21(26)13-17-23)33(31,32)24-8-6-5-7-9-24/h5-17H,3-4,18-19H2,1-2H3,(H,27,30). The molecule has 33 heavy (non-hydrogen) atoms. The highest BCUT2D eigenvalue weighted by Gasteiger charge is 2.27. The van der Waals surface area contributed by atoms with Gasteiger partial charge in [0.25, 0.3) is 10.0 Å². The Balaban J connectivity index is 1.75. The Hall–Kier alpha value is -3.39. The molecule has 1 N–H and O–H groups in total. The maximum absolute atomic E-state index is 13.4. The van der Waals surface area contributed by atoms with Gasteiger partial charge < -0.3 is 10.2 Å². The van der Waals surface area contributed by atoms with Crippen LogP contribution < -0.4 is 14.5 Å². The molecule has 0 radical (unpaired) electrons. The van der Waals surface area contributed by atoms with E-state index in [0.29, 0.717) is 0 Å². The second-order valence-corrected chi connectivity index (χ2v) is 9.28. The highest BCUT2D eigenvalue weighted by molar-refractivity contribution is 7.92. The summed E-state index contributed by atoms with van der Waals surface area (Å²) in [6.07, 6.45) is 0. The maximum atomic E-state index is 13.4. The number of amides is 1. The number of carbonyl (C=O) groups is 1.